The van der Waals surface area contributed by atoms with Crippen LogP contribution < -0.4 is 5.32 Å². The van der Waals surface area contributed by atoms with Gasteiger partial charge in [-0.1, -0.05) is 19.3 Å². The number of rotatable bonds is 2. The van der Waals surface area contributed by atoms with Gasteiger partial charge < -0.3 is 5.32 Å². The van der Waals surface area contributed by atoms with Crippen molar-refractivity contribution in [3.63, 3.8) is 0 Å². The summed E-state index contributed by atoms with van der Waals surface area (Å²) in [6.07, 6.45) is 7.76. The molecule has 0 spiro atoms. The highest BCUT2D eigenvalue weighted by molar-refractivity contribution is 5.46. The molecule has 2 rings (SSSR count). The lowest BCUT2D eigenvalue weighted by atomic mass is 9.96. The number of nitrogens with zero attached hydrogens (tertiary/aromatic N) is 3. The molecule has 0 aromatic carbocycles. The van der Waals surface area contributed by atoms with Gasteiger partial charge in [-0.05, 0) is 19.8 Å². The average molecular weight is 232 g/mol. The molecule has 4 heteroatoms. The molecule has 0 radical (unpaired) electrons. The van der Waals surface area contributed by atoms with Crippen molar-refractivity contribution >= 4 is 5.69 Å². The van der Waals surface area contributed by atoms with E-state index < -0.39 is 0 Å². The molecule has 17 heavy (non-hydrogen) atoms. The molecule has 4 nitrogen and oxygen atoms in total. The Bertz CT molecular complexity index is 416. The minimum Gasteiger partial charge on any atom is -0.378 e. The van der Waals surface area contributed by atoms with Crippen molar-refractivity contribution in [2.45, 2.75) is 45.1 Å². The van der Waals surface area contributed by atoms with Gasteiger partial charge in [0.15, 0.2) is 0 Å². The second-order valence-corrected chi connectivity index (χ2v) is 4.93. The van der Waals surface area contributed by atoms with Gasteiger partial charge in [-0.2, -0.15) is 10.4 Å². The first-order valence-electron chi connectivity index (χ1n) is 6.37. The smallest absolute Gasteiger partial charge is 0.0825 e. The number of aryl methyl sites for hydroxylation is 2. The molecule has 1 aromatic rings. The number of hydrogen-bond acceptors (Lipinski definition) is 3. The van der Waals surface area contributed by atoms with E-state index in [1.807, 2.05) is 24.9 Å². The van der Waals surface area contributed by atoms with Crippen molar-refractivity contribution in [1.82, 2.24) is 9.78 Å². The summed E-state index contributed by atoms with van der Waals surface area (Å²) in [4.78, 5) is 0. The van der Waals surface area contributed by atoms with E-state index in [1.54, 1.807) is 0 Å². The van der Waals surface area contributed by atoms with Gasteiger partial charge in [0.05, 0.1) is 23.4 Å². The van der Waals surface area contributed by atoms with Crippen LogP contribution in [-0.2, 0) is 7.05 Å². The molecule has 0 amide bonds. The highest BCUT2D eigenvalue weighted by Crippen LogP contribution is 2.26. The monoisotopic (exact) mass is 232 g/mol. The number of hydrogen-bond donors (Lipinski definition) is 1. The maximum absolute atomic E-state index is 9.23. The first-order valence-corrected chi connectivity index (χ1v) is 6.37. The Balaban J connectivity index is 2.10. The molecule has 0 aliphatic heterocycles. The summed E-state index contributed by atoms with van der Waals surface area (Å²) < 4.78 is 1.82. The van der Waals surface area contributed by atoms with Crippen LogP contribution in [-0.4, -0.2) is 15.8 Å². The summed E-state index contributed by atoms with van der Waals surface area (Å²) in [6.45, 7) is 2.00. The van der Waals surface area contributed by atoms with Gasteiger partial charge in [0.1, 0.15) is 0 Å². The maximum atomic E-state index is 9.23. The second kappa shape index (κ2) is 5.22. The molecule has 0 saturated heterocycles. The molecule has 2 atom stereocenters. The van der Waals surface area contributed by atoms with Crippen molar-refractivity contribution in [3.05, 3.63) is 11.9 Å². The third kappa shape index (κ3) is 2.79. The van der Waals surface area contributed by atoms with E-state index in [4.69, 9.17) is 0 Å². The van der Waals surface area contributed by atoms with Crippen LogP contribution in [0.5, 0.6) is 0 Å². The average Bonchev–Trinajstić information content (AvgIpc) is 2.52. The van der Waals surface area contributed by atoms with Gasteiger partial charge >= 0.3 is 0 Å². The van der Waals surface area contributed by atoms with Crippen LogP contribution in [0.4, 0.5) is 5.69 Å². The molecule has 0 bridgehead atoms. The van der Waals surface area contributed by atoms with E-state index in [2.05, 4.69) is 16.5 Å². The summed E-state index contributed by atoms with van der Waals surface area (Å²) in [5.74, 6) is 0.136. The lowest BCUT2D eigenvalue weighted by Gasteiger charge is -2.21. The molecular formula is C13H20N4. The van der Waals surface area contributed by atoms with Gasteiger partial charge in [-0.15, -0.1) is 0 Å². The standard InChI is InChI=1S/C13H20N4/c1-10-13(9-17(2)16-10)15-12-7-5-3-4-6-11(12)8-14/h9,11-12,15H,3-7H2,1-2H3. The highest BCUT2D eigenvalue weighted by atomic mass is 15.3. The maximum Gasteiger partial charge on any atom is 0.0825 e. The van der Waals surface area contributed by atoms with Crippen LogP contribution >= 0.6 is 0 Å². The van der Waals surface area contributed by atoms with Crippen molar-refractivity contribution in [3.8, 4) is 6.07 Å². The quantitative estimate of drug-likeness (QED) is 0.797. The third-order valence-electron chi connectivity index (χ3n) is 3.54. The fourth-order valence-corrected chi connectivity index (χ4v) is 2.58. The normalized spacial score (nSPS) is 25.0. The summed E-state index contributed by atoms with van der Waals surface area (Å²) in [5.41, 5.74) is 2.08. The fourth-order valence-electron chi connectivity index (χ4n) is 2.58. The van der Waals surface area contributed by atoms with Crippen LogP contribution in [0.2, 0.25) is 0 Å². The Morgan fingerprint density at radius 2 is 2.18 bits per heavy atom. The molecule has 1 N–H and O–H groups in total. The zero-order valence-corrected chi connectivity index (χ0v) is 10.6. The summed E-state index contributed by atoms with van der Waals surface area (Å²) >= 11 is 0. The Kier molecular flexibility index (Phi) is 3.68. The lowest BCUT2D eigenvalue weighted by molar-refractivity contribution is 0.514. The summed E-state index contributed by atoms with van der Waals surface area (Å²) in [7, 11) is 1.92. The summed E-state index contributed by atoms with van der Waals surface area (Å²) in [6, 6.07) is 2.73. The first-order chi connectivity index (χ1) is 8.20. The predicted molar refractivity (Wildman–Crippen MR) is 67.5 cm³/mol. The third-order valence-corrected chi connectivity index (χ3v) is 3.54. The fraction of sp³-hybridized carbons (Fsp3) is 0.692. The van der Waals surface area contributed by atoms with Crippen molar-refractivity contribution in [2.75, 3.05) is 5.32 Å². The molecule has 1 aromatic heterocycles. The Labute approximate surface area is 103 Å². The van der Waals surface area contributed by atoms with Gasteiger partial charge in [0.25, 0.3) is 0 Å². The molecular weight excluding hydrogens is 212 g/mol. The second-order valence-electron chi connectivity index (χ2n) is 4.93. The molecule has 1 saturated carbocycles. The highest BCUT2D eigenvalue weighted by Gasteiger charge is 2.24. The Morgan fingerprint density at radius 3 is 2.82 bits per heavy atom. The largest absolute Gasteiger partial charge is 0.378 e. The van der Waals surface area contributed by atoms with Crippen LogP contribution in [0.3, 0.4) is 0 Å². The van der Waals surface area contributed by atoms with E-state index in [0.717, 1.165) is 24.2 Å². The van der Waals surface area contributed by atoms with E-state index >= 15 is 0 Å². The topological polar surface area (TPSA) is 53.6 Å². The van der Waals surface area contributed by atoms with Crippen LogP contribution in [0.15, 0.2) is 6.20 Å². The molecule has 1 heterocycles. The van der Waals surface area contributed by atoms with E-state index in [-0.39, 0.29) is 12.0 Å². The molecule has 2 unspecified atom stereocenters. The zero-order valence-electron chi connectivity index (χ0n) is 10.6. The van der Waals surface area contributed by atoms with E-state index in [1.165, 1.54) is 19.3 Å². The first kappa shape index (κ1) is 12.0. The van der Waals surface area contributed by atoms with E-state index in [9.17, 15) is 5.26 Å². The molecule has 92 valence electrons. The molecule has 1 aliphatic rings. The lowest BCUT2D eigenvalue weighted by Crippen LogP contribution is -2.27. The SMILES string of the molecule is Cc1nn(C)cc1NC1CCCCCC1C#N. The minimum atomic E-state index is 0.136. The van der Waals surface area contributed by atoms with E-state index in [0.29, 0.717) is 0 Å². The Morgan fingerprint density at radius 1 is 1.41 bits per heavy atom. The number of nitrogens with one attached hydrogen (secondary N) is 1. The minimum absolute atomic E-state index is 0.136. The molecule has 1 aliphatic carbocycles. The number of nitriles is 1. The predicted octanol–water partition coefficient (Wildman–Crippen LogP) is 2.61. The van der Waals surface area contributed by atoms with Crippen LogP contribution in [0.1, 0.15) is 37.8 Å². The van der Waals surface area contributed by atoms with Crippen LogP contribution in [0, 0.1) is 24.2 Å². The number of anilines is 1. The summed E-state index contributed by atoms with van der Waals surface area (Å²) in [5, 5.41) is 17.1. The van der Waals surface area contributed by atoms with Crippen molar-refractivity contribution in [2.24, 2.45) is 13.0 Å². The Hall–Kier alpha value is -1.50. The van der Waals surface area contributed by atoms with Gasteiger partial charge in [0, 0.05) is 19.3 Å². The van der Waals surface area contributed by atoms with Crippen LogP contribution in [0.25, 0.3) is 0 Å². The van der Waals surface area contributed by atoms with Crippen molar-refractivity contribution < 1.29 is 0 Å². The van der Waals surface area contributed by atoms with Crippen molar-refractivity contribution in [1.29, 1.82) is 5.26 Å². The van der Waals surface area contributed by atoms with Gasteiger partial charge in [-0.3, -0.25) is 4.68 Å². The molecule has 1 fully saturated rings. The zero-order chi connectivity index (χ0) is 12.3. The number of aromatic nitrogens is 2. The van der Waals surface area contributed by atoms with Gasteiger partial charge in [0.2, 0.25) is 0 Å². The van der Waals surface area contributed by atoms with Gasteiger partial charge in [-0.25, -0.2) is 0 Å².